The summed E-state index contributed by atoms with van der Waals surface area (Å²) >= 11 is 0. The topological polar surface area (TPSA) is 110 Å². The fourth-order valence-electron chi connectivity index (χ4n) is 2.78. The maximum Gasteiger partial charge on any atom is 0.433 e. The first kappa shape index (κ1) is 20.2. The molecule has 0 saturated carbocycles. The van der Waals surface area contributed by atoms with E-state index in [9.17, 15) is 22.8 Å². The summed E-state index contributed by atoms with van der Waals surface area (Å²) in [6.45, 7) is 2.95. The van der Waals surface area contributed by atoms with Crippen LogP contribution < -0.4 is 10.9 Å². The molecule has 3 aromatic rings. The molecule has 0 fully saturated rings. The summed E-state index contributed by atoms with van der Waals surface area (Å²) in [5, 5.41) is 2.81. The molecule has 11 heteroatoms. The number of anilines is 1. The van der Waals surface area contributed by atoms with Gasteiger partial charge in [0.15, 0.2) is 11.3 Å². The van der Waals surface area contributed by atoms with E-state index in [4.69, 9.17) is 0 Å². The van der Waals surface area contributed by atoms with Crippen molar-refractivity contribution in [3.05, 3.63) is 57.5 Å². The van der Waals surface area contributed by atoms with Gasteiger partial charge in [-0.25, -0.2) is 19.7 Å². The Morgan fingerprint density at radius 1 is 1.28 bits per heavy atom. The highest BCUT2D eigenvalue weighted by Crippen LogP contribution is 2.35. The van der Waals surface area contributed by atoms with Gasteiger partial charge in [-0.05, 0) is 32.0 Å². The number of H-pyrrole nitrogens is 1. The molecule has 0 aliphatic rings. The number of nitrogens with zero attached hydrogens (tertiary/aromatic N) is 3. The standard InChI is InChI=1S/C18H16F3N5O3/c1-8(23-10-4-5-13(22-7-10)17(28)29-3)11-6-12-15(24-9(2)25-16(12)27)26-14(11)18(19,20)21/h4-8,23H,1-3H3,(H,24,25,26,27). The van der Waals surface area contributed by atoms with Crippen LogP contribution in [0.2, 0.25) is 0 Å². The van der Waals surface area contributed by atoms with Crippen LogP contribution in [0.3, 0.4) is 0 Å². The van der Waals surface area contributed by atoms with Crippen molar-refractivity contribution in [1.82, 2.24) is 19.9 Å². The van der Waals surface area contributed by atoms with Crippen molar-refractivity contribution in [3.63, 3.8) is 0 Å². The van der Waals surface area contributed by atoms with Gasteiger partial charge in [0.25, 0.3) is 5.56 Å². The number of aryl methyl sites for hydroxylation is 1. The van der Waals surface area contributed by atoms with E-state index in [-0.39, 0.29) is 28.1 Å². The molecule has 0 bridgehead atoms. The quantitative estimate of drug-likeness (QED) is 0.640. The SMILES string of the molecule is COC(=O)c1ccc(NC(C)c2cc3c(=O)[nH]c(C)nc3nc2C(F)(F)F)cn1. The van der Waals surface area contributed by atoms with E-state index < -0.39 is 29.4 Å². The zero-order chi connectivity index (χ0) is 21.3. The number of aromatic nitrogens is 4. The fourth-order valence-corrected chi connectivity index (χ4v) is 2.78. The van der Waals surface area contributed by atoms with Crippen molar-refractivity contribution < 1.29 is 22.7 Å². The first-order valence-electron chi connectivity index (χ1n) is 8.40. The summed E-state index contributed by atoms with van der Waals surface area (Å²) in [4.78, 5) is 37.4. The second-order valence-electron chi connectivity index (χ2n) is 6.24. The monoisotopic (exact) mass is 407 g/mol. The van der Waals surface area contributed by atoms with Gasteiger partial charge >= 0.3 is 12.1 Å². The molecular formula is C18H16F3N5O3. The molecular weight excluding hydrogens is 391 g/mol. The number of methoxy groups -OCH3 is 1. The largest absolute Gasteiger partial charge is 0.464 e. The fraction of sp³-hybridized carbons (Fsp3) is 0.278. The third-order valence-electron chi connectivity index (χ3n) is 4.12. The predicted octanol–water partition coefficient (Wildman–Crippen LogP) is 3.00. The molecule has 1 atom stereocenters. The van der Waals surface area contributed by atoms with Crippen LogP contribution in [0, 0.1) is 6.92 Å². The highest BCUT2D eigenvalue weighted by Gasteiger charge is 2.37. The van der Waals surface area contributed by atoms with Gasteiger partial charge in [-0.15, -0.1) is 0 Å². The third-order valence-corrected chi connectivity index (χ3v) is 4.12. The van der Waals surface area contributed by atoms with Gasteiger partial charge in [0.05, 0.1) is 30.4 Å². The van der Waals surface area contributed by atoms with E-state index in [2.05, 4.69) is 30.0 Å². The molecule has 0 amide bonds. The second-order valence-corrected chi connectivity index (χ2v) is 6.24. The Hall–Kier alpha value is -3.50. The number of fused-ring (bicyclic) bond motifs is 1. The molecule has 8 nitrogen and oxygen atoms in total. The highest BCUT2D eigenvalue weighted by atomic mass is 19.4. The highest BCUT2D eigenvalue weighted by molar-refractivity contribution is 5.87. The maximum atomic E-state index is 13.6. The number of esters is 1. The van der Waals surface area contributed by atoms with Crippen LogP contribution in [-0.2, 0) is 10.9 Å². The summed E-state index contributed by atoms with van der Waals surface area (Å²) < 4.78 is 45.3. The summed E-state index contributed by atoms with van der Waals surface area (Å²) in [6.07, 6.45) is -3.45. The molecule has 152 valence electrons. The molecule has 0 aromatic carbocycles. The van der Waals surface area contributed by atoms with Crippen LogP contribution in [0.5, 0.6) is 0 Å². The van der Waals surface area contributed by atoms with Gasteiger partial charge in [-0.3, -0.25) is 4.79 Å². The maximum absolute atomic E-state index is 13.6. The van der Waals surface area contributed by atoms with Gasteiger partial charge in [0.1, 0.15) is 11.5 Å². The molecule has 29 heavy (non-hydrogen) atoms. The Kier molecular flexibility index (Phi) is 5.23. The van der Waals surface area contributed by atoms with Crippen LogP contribution in [0.25, 0.3) is 11.0 Å². The van der Waals surface area contributed by atoms with Crippen molar-refractivity contribution in [2.75, 3.05) is 12.4 Å². The zero-order valence-electron chi connectivity index (χ0n) is 15.6. The molecule has 0 radical (unpaired) electrons. The number of alkyl halides is 3. The minimum absolute atomic E-state index is 0.0496. The average molecular weight is 407 g/mol. The number of ether oxygens (including phenoxy) is 1. The van der Waals surface area contributed by atoms with Gasteiger partial charge in [0.2, 0.25) is 0 Å². The minimum Gasteiger partial charge on any atom is -0.464 e. The first-order chi connectivity index (χ1) is 13.6. The van der Waals surface area contributed by atoms with E-state index in [1.54, 1.807) is 0 Å². The number of hydrogen-bond acceptors (Lipinski definition) is 7. The van der Waals surface area contributed by atoms with Crippen LogP contribution in [0.15, 0.2) is 29.2 Å². The first-order valence-corrected chi connectivity index (χ1v) is 8.40. The second kappa shape index (κ2) is 7.49. The number of carbonyl (C=O) groups excluding carboxylic acids is 1. The lowest BCUT2D eigenvalue weighted by atomic mass is 10.0. The molecule has 3 heterocycles. The van der Waals surface area contributed by atoms with E-state index in [0.717, 1.165) is 6.07 Å². The summed E-state index contributed by atoms with van der Waals surface area (Å²) in [7, 11) is 1.21. The number of pyridine rings is 2. The molecule has 0 spiro atoms. The number of nitrogens with one attached hydrogen (secondary N) is 2. The third kappa shape index (κ3) is 4.18. The molecule has 0 aliphatic carbocycles. The van der Waals surface area contributed by atoms with Crippen LogP contribution in [-0.4, -0.2) is 33.0 Å². The number of carbonyl (C=O) groups is 1. The van der Waals surface area contributed by atoms with Crippen molar-refractivity contribution in [2.45, 2.75) is 26.1 Å². The van der Waals surface area contributed by atoms with Crippen molar-refractivity contribution in [2.24, 2.45) is 0 Å². The molecule has 0 aliphatic heterocycles. The number of aromatic amines is 1. The van der Waals surface area contributed by atoms with Crippen LogP contribution in [0.4, 0.5) is 18.9 Å². The lowest BCUT2D eigenvalue weighted by molar-refractivity contribution is -0.141. The minimum atomic E-state index is -4.75. The number of rotatable bonds is 4. The Balaban J connectivity index is 2.03. The molecule has 2 N–H and O–H groups in total. The molecule has 0 saturated heterocycles. The van der Waals surface area contributed by atoms with Gasteiger partial charge < -0.3 is 15.0 Å². The Bertz CT molecular complexity index is 1130. The van der Waals surface area contributed by atoms with Crippen LogP contribution >= 0.6 is 0 Å². The Morgan fingerprint density at radius 2 is 2.00 bits per heavy atom. The number of hydrogen-bond donors (Lipinski definition) is 2. The molecule has 3 aromatic heterocycles. The van der Waals surface area contributed by atoms with E-state index in [1.165, 1.54) is 39.3 Å². The summed E-state index contributed by atoms with van der Waals surface area (Å²) in [6, 6.07) is 3.11. The van der Waals surface area contributed by atoms with Crippen molar-refractivity contribution in [3.8, 4) is 0 Å². The molecule has 3 rings (SSSR count). The van der Waals surface area contributed by atoms with Gasteiger partial charge in [0, 0.05) is 5.56 Å². The van der Waals surface area contributed by atoms with Crippen LogP contribution in [0.1, 0.15) is 40.5 Å². The molecule has 1 unspecified atom stereocenters. The van der Waals surface area contributed by atoms with Gasteiger partial charge in [-0.1, -0.05) is 0 Å². The smallest absolute Gasteiger partial charge is 0.433 e. The van der Waals surface area contributed by atoms with E-state index in [0.29, 0.717) is 5.69 Å². The van der Waals surface area contributed by atoms with E-state index in [1.807, 2.05) is 0 Å². The van der Waals surface area contributed by atoms with Crippen molar-refractivity contribution >= 4 is 22.7 Å². The average Bonchev–Trinajstić information content (AvgIpc) is 2.66. The summed E-state index contributed by atoms with van der Waals surface area (Å²) in [5.41, 5.74) is -1.79. The normalized spacial score (nSPS) is 12.6. The zero-order valence-corrected chi connectivity index (χ0v) is 15.6. The van der Waals surface area contributed by atoms with Crippen molar-refractivity contribution in [1.29, 1.82) is 0 Å². The Labute approximate surface area is 162 Å². The predicted molar refractivity (Wildman–Crippen MR) is 97.5 cm³/mol. The van der Waals surface area contributed by atoms with Gasteiger partial charge in [-0.2, -0.15) is 13.2 Å². The Morgan fingerprint density at radius 3 is 2.59 bits per heavy atom. The lowest BCUT2D eigenvalue weighted by Gasteiger charge is -2.20. The summed E-state index contributed by atoms with van der Waals surface area (Å²) in [5.74, 6) is -0.469. The number of halogens is 3. The van der Waals surface area contributed by atoms with E-state index >= 15 is 0 Å². The lowest BCUT2D eigenvalue weighted by Crippen LogP contribution is -2.20.